The van der Waals surface area contributed by atoms with Crippen molar-refractivity contribution in [1.82, 2.24) is 15.2 Å². The van der Waals surface area contributed by atoms with E-state index in [1.165, 1.54) is 11.4 Å². The Bertz CT molecular complexity index is 1340. The SMILES string of the molecule is O=C(COc1ccc(-c2nnco2)cc1)N1N=C2/C(=C\c3ccco3)CCCC2C1c1ccco1. The molecule has 4 aromatic rings. The van der Waals surface area contributed by atoms with E-state index in [-0.39, 0.29) is 24.5 Å². The molecule has 1 aliphatic carbocycles. The molecule has 1 aliphatic heterocycles. The summed E-state index contributed by atoms with van der Waals surface area (Å²) in [7, 11) is 0. The number of benzene rings is 1. The van der Waals surface area contributed by atoms with Gasteiger partial charge in [0.2, 0.25) is 12.3 Å². The monoisotopic (exact) mass is 470 g/mol. The summed E-state index contributed by atoms with van der Waals surface area (Å²) in [6, 6.07) is 14.3. The van der Waals surface area contributed by atoms with Crippen LogP contribution in [0.5, 0.6) is 5.75 Å². The quantitative estimate of drug-likeness (QED) is 0.385. The van der Waals surface area contributed by atoms with Crippen molar-refractivity contribution in [1.29, 1.82) is 0 Å². The molecule has 2 atom stereocenters. The molecule has 0 radical (unpaired) electrons. The third kappa shape index (κ3) is 4.16. The minimum atomic E-state index is -0.309. The smallest absolute Gasteiger partial charge is 0.281 e. The number of carbonyl (C=O) groups excluding carboxylic acids is 1. The Labute approximate surface area is 200 Å². The Kier molecular flexibility index (Phi) is 5.50. The van der Waals surface area contributed by atoms with Gasteiger partial charge in [-0.2, -0.15) is 5.10 Å². The van der Waals surface area contributed by atoms with Gasteiger partial charge in [-0.05, 0) is 79.4 Å². The molecule has 0 bridgehead atoms. The first-order valence-corrected chi connectivity index (χ1v) is 11.4. The lowest BCUT2D eigenvalue weighted by Gasteiger charge is -2.27. The van der Waals surface area contributed by atoms with Crippen LogP contribution >= 0.6 is 0 Å². The van der Waals surface area contributed by atoms with Crippen molar-refractivity contribution in [3.05, 3.63) is 84.5 Å². The van der Waals surface area contributed by atoms with Crippen molar-refractivity contribution in [2.45, 2.75) is 25.3 Å². The van der Waals surface area contributed by atoms with Crippen molar-refractivity contribution in [3.63, 3.8) is 0 Å². The van der Waals surface area contributed by atoms with Crippen molar-refractivity contribution < 1.29 is 22.8 Å². The molecule has 0 spiro atoms. The zero-order valence-corrected chi connectivity index (χ0v) is 18.7. The van der Waals surface area contributed by atoms with E-state index in [1.807, 2.05) is 30.3 Å². The first-order chi connectivity index (χ1) is 17.3. The number of fused-ring (bicyclic) bond motifs is 1. The zero-order chi connectivity index (χ0) is 23.6. The summed E-state index contributed by atoms with van der Waals surface area (Å²) in [5.41, 5.74) is 2.76. The Morgan fingerprint density at radius 3 is 2.69 bits per heavy atom. The predicted octanol–water partition coefficient (Wildman–Crippen LogP) is 5.12. The highest BCUT2D eigenvalue weighted by molar-refractivity contribution is 6.08. The summed E-state index contributed by atoms with van der Waals surface area (Å²) in [6.45, 7) is -0.155. The van der Waals surface area contributed by atoms with Gasteiger partial charge in [0.05, 0.1) is 18.2 Å². The molecule has 1 fully saturated rings. The molecular weight excluding hydrogens is 448 g/mol. The summed E-state index contributed by atoms with van der Waals surface area (Å²) < 4.78 is 22.2. The molecule has 9 nitrogen and oxygen atoms in total. The van der Waals surface area contributed by atoms with Crippen molar-refractivity contribution in [3.8, 4) is 17.2 Å². The molecule has 6 rings (SSSR count). The second kappa shape index (κ2) is 9.09. The second-order valence-corrected chi connectivity index (χ2v) is 8.42. The van der Waals surface area contributed by atoms with Crippen LogP contribution < -0.4 is 4.74 Å². The average molecular weight is 470 g/mol. The molecule has 0 saturated heterocycles. The van der Waals surface area contributed by atoms with E-state index >= 15 is 0 Å². The number of hydrogen-bond acceptors (Lipinski definition) is 8. The van der Waals surface area contributed by atoms with E-state index in [0.717, 1.165) is 41.9 Å². The topological polar surface area (TPSA) is 107 Å². The zero-order valence-electron chi connectivity index (χ0n) is 18.7. The Morgan fingerprint density at radius 2 is 1.94 bits per heavy atom. The Balaban J connectivity index is 1.23. The van der Waals surface area contributed by atoms with E-state index < -0.39 is 0 Å². The fourth-order valence-electron chi connectivity index (χ4n) is 4.69. The van der Waals surface area contributed by atoms with Gasteiger partial charge in [0.25, 0.3) is 5.91 Å². The Hall–Kier alpha value is -4.40. The molecule has 0 N–H and O–H groups in total. The van der Waals surface area contributed by atoms with Crippen LogP contribution in [-0.2, 0) is 4.79 Å². The molecule has 2 unspecified atom stereocenters. The number of carbonyl (C=O) groups is 1. The van der Waals surface area contributed by atoms with Gasteiger partial charge in [0.15, 0.2) is 6.61 Å². The summed E-state index contributed by atoms with van der Waals surface area (Å²) in [5, 5.41) is 13.9. The van der Waals surface area contributed by atoms with Gasteiger partial charge < -0.3 is 18.0 Å². The van der Waals surface area contributed by atoms with Gasteiger partial charge in [0, 0.05) is 11.5 Å². The van der Waals surface area contributed by atoms with Gasteiger partial charge in [-0.3, -0.25) is 4.79 Å². The van der Waals surface area contributed by atoms with Crippen LogP contribution in [0.1, 0.15) is 36.8 Å². The summed E-state index contributed by atoms with van der Waals surface area (Å²) >= 11 is 0. The third-order valence-corrected chi connectivity index (χ3v) is 6.28. The lowest BCUT2D eigenvalue weighted by molar-refractivity contribution is -0.136. The first kappa shape index (κ1) is 21.2. The summed E-state index contributed by atoms with van der Waals surface area (Å²) in [4.78, 5) is 13.3. The second-order valence-electron chi connectivity index (χ2n) is 8.42. The number of rotatable bonds is 6. The maximum atomic E-state index is 13.3. The number of allylic oxidation sites excluding steroid dienone is 1. The van der Waals surface area contributed by atoms with E-state index in [4.69, 9.17) is 23.1 Å². The highest BCUT2D eigenvalue weighted by atomic mass is 16.5. The Morgan fingerprint density at radius 1 is 1.09 bits per heavy atom. The minimum Gasteiger partial charge on any atom is -0.484 e. The molecule has 1 saturated carbocycles. The standard InChI is InChI=1S/C26H22N4O5/c31-23(15-34-19-10-8-17(9-11-19)26-28-27-16-35-26)30-25(22-7-3-13-33-22)21-6-1-4-18(24(21)29-30)14-20-5-2-12-32-20/h2-3,5,7-14,16,21,25H,1,4,6,15H2/b18-14-. The van der Waals surface area contributed by atoms with Crippen LogP contribution in [0, 0.1) is 5.92 Å². The molecule has 1 aromatic carbocycles. The van der Waals surface area contributed by atoms with Gasteiger partial charge in [-0.1, -0.05) is 0 Å². The molecule has 9 heteroatoms. The van der Waals surface area contributed by atoms with Crippen LogP contribution in [-0.4, -0.2) is 33.4 Å². The molecule has 4 heterocycles. The van der Waals surface area contributed by atoms with E-state index in [2.05, 4.69) is 10.2 Å². The van der Waals surface area contributed by atoms with Crippen LogP contribution in [0.2, 0.25) is 0 Å². The van der Waals surface area contributed by atoms with Gasteiger partial charge >= 0.3 is 0 Å². The normalized spacial score (nSPS) is 20.6. The first-order valence-electron chi connectivity index (χ1n) is 11.4. The molecule has 176 valence electrons. The minimum absolute atomic E-state index is 0.0498. The number of hydrazone groups is 1. The highest BCUT2D eigenvalue weighted by Gasteiger charge is 2.45. The fourth-order valence-corrected chi connectivity index (χ4v) is 4.69. The number of furan rings is 2. The van der Waals surface area contributed by atoms with Gasteiger partial charge in [-0.25, -0.2) is 5.01 Å². The molecule has 35 heavy (non-hydrogen) atoms. The third-order valence-electron chi connectivity index (χ3n) is 6.28. The van der Waals surface area contributed by atoms with E-state index in [9.17, 15) is 4.79 Å². The largest absolute Gasteiger partial charge is 0.484 e. The van der Waals surface area contributed by atoms with Crippen molar-refractivity contribution >= 4 is 17.7 Å². The average Bonchev–Trinajstić information content (AvgIpc) is 3.69. The van der Waals surface area contributed by atoms with E-state index in [1.54, 1.807) is 36.8 Å². The lowest BCUT2D eigenvalue weighted by Crippen LogP contribution is -2.34. The highest BCUT2D eigenvalue weighted by Crippen LogP contribution is 2.44. The predicted molar refractivity (Wildman–Crippen MR) is 125 cm³/mol. The van der Waals surface area contributed by atoms with Crippen LogP contribution in [0.4, 0.5) is 0 Å². The molecular formula is C26H22N4O5. The summed E-state index contributed by atoms with van der Waals surface area (Å²) in [5.74, 6) is 2.27. The van der Waals surface area contributed by atoms with E-state index in [0.29, 0.717) is 17.4 Å². The van der Waals surface area contributed by atoms with Crippen molar-refractivity contribution in [2.75, 3.05) is 6.61 Å². The summed E-state index contributed by atoms with van der Waals surface area (Å²) in [6.07, 6.45) is 9.36. The van der Waals surface area contributed by atoms with Gasteiger partial charge in [0.1, 0.15) is 23.3 Å². The van der Waals surface area contributed by atoms with Crippen LogP contribution in [0.3, 0.4) is 0 Å². The number of aromatic nitrogens is 2. The molecule has 3 aromatic heterocycles. The maximum absolute atomic E-state index is 13.3. The van der Waals surface area contributed by atoms with Crippen LogP contribution in [0.25, 0.3) is 17.5 Å². The number of nitrogens with zero attached hydrogens (tertiary/aromatic N) is 4. The molecule has 2 aliphatic rings. The molecule has 1 amide bonds. The van der Waals surface area contributed by atoms with Crippen molar-refractivity contribution in [2.24, 2.45) is 11.0 Å². The van der Waals surface area contributed by atoms with Crippen LogP contribution in [0.15, 0.2) is 91.4 Å². The van der Waals surface area contributed by atoms with Gasteiger partial charge in [-0.15, -0.1) is 10.2 Å². The number of amides is 1. The lowest BCUT2D eigenvalue weighted by atomic mass is 9.79. The number of hydrogen-bond donors (Lipinski definition) is 0. The fraction of sp³-hybridized carbons (Fsp3) is 0.231. The number of ether oxygens (including phenoxy) is 1. The maximum Gasteiger partial charge on any atom is 0.281 e.